The summed E-state index contributed by atoms with van der Waals surface area (Å²) in [6.07, 6.45) is -1.74. The van der Waals surface area contributed by atoms with E-state index in [0.29, 0.717) is 23.9 Å². The normalized spacial score (nSPS) is 30.0. The van der Waals surface area contributed by atoms with Crippen LogP contribution in [0.15, 0.2) is 24.5 Å². The molecule has 4 aliphatic rings. The number of nitrogens with zero attached hydrogens (tertiary/aromatic N) is 4. The molecule has 4 saturated carbocycles. The third-order valence-electron chi connectivity index (χ3n) is 7.04. The van der Waals surface area contributed by atoms with E-state index >= 15 is 0 Å². The molecule has 0 unspecified atom stereocenters. The number of nitrogens with one attached hydrogen (secondary N) is 3. The smallest absolute Gasteiger partial charge is 0.434 e. The first-order chi connectivity index (χ1) is 16.2. The average Bonchev–Trinajstić information content (AvgIpc) is 3.43. The summed E-state index contributed by atoms with van der Waals surface area (Å²) >= 11 is 0. The maximum atomic E-state index is 14.6. The van der Waals surface area contributed by atoms with E-state index in [9.17, 15) is 22.4 Å². The van der Waals surface area contributed by atoms with Crippen molar-refractivity contribution in [2.45, 2.75) is 62.0 Å². The first kappa shape index (κ1) is 21.2. The van der Waals surface area contributed by atoms with Gasteiger partial charge in [-0.05, 0) is 44.1 Å². The fourth-order valence-electron chi connectivity index (χ4n) is 5.21. The van der Waals surface area contributed by atoms with Gasteiger partial charge in [0.15, 0.2) is 11.5 Å². The summed E-state index contributed by atoms with van der Waals surface area (Å²) in [6.45, 7) is 0. The molecule has 180 valence electrons. The number of alkyl carbamates (subject to hydrolysis) is 1. The van der Waals surface area contributed by atoms with E-state index < -0.39 is 30.2 Å². The highest BCUT2D eigenvalue weighted by molar-refractivity contribution is 5.69. The number of carbonyl (C=O) groups is 1. The van der Waals surface area contributed by atoms with Crippen LogP contribution >= 0.6 is 0 Å². The van der Waals surface area contributed by atoms with Gasteiger partial charge in [0.05, 0.1) is 0 Å². The molecule has 34 heavy (non-hydrogen) atoms. The predicted octanol–water partition coefficient (Wildman–Crippen LogP) is 4.08. The largest absolute Gasteiger partial charge is 0.443 e. The van der Waals surface area contributed by atoms with Crippen LogP contribution in [0, 0.1) is 5.92 Å². The molecule has 0 aliphatic heterocycles. The van der Waals surface area contributed by atoms with Crippen molar-refractivity contribution >= 4 is 23.5 Å². The number of aromatic amines is 1. The zero-order chi connectivity index (χ0) is 23.7. The van der Waals surface area contributed by atoms with Crippen LogP contribution in [0.3, 0.4) is 0 Å². The summed E-state index contributed by atoms with van der Waals surface area (Å²) in [5.74, 6) is 0.855. The standard InChI is InChI=1S/C21H21F4N7O2/c22-12-3-11(4-14(12)34-19(33)29-20-6-10(7-20)8-20)13-5-16(31-30-13)28-18-26-2-1-17-27-15(9-32(17)18)21(23,24)25/h1-2,5,9-12,14H,3-4,6-8H2,(H,29,33)(H2,26,28,30,31)/t10?,11-,12+,14-,20?/m0/s1. The Labute approximate surface area is 190 Å². The van der Waals surface area contributed by atoms with Crippen molar-refractivity contribution in [3.63, 3.8) is 0 Å². The minimum atomic E-state index is -4.58. The first-order valence-electron chi connectivity index (χ1n) is 11.0. The highest BCUT2D eigenvalue weighted by atomic mass is 19.4. The van der Waals surface area contributed by atoms with Gasteiger partial charge >= 0.3 is 12.3 Å². The van der Waals surface area contributed by atoms with Crippen molar-refractivity contribution in [2.75, 3.05) is 5.32 Å². The lowest BCUT2D eigenvalue weighted by Gasteiger charge is -2.61. The molecule has 1 amide bonds. The van der Waals surface area contributed by atoms with Crippen molar-refractivity contribution in [1.82, 2.24) is 29.9 Å². The maximum Gasteiger partial charge on any atom is 0.434 e. The second-order valence-corrected chi connectivity index (χ2v) is 9.47. The highest BCUT2D eigenvalue weighted by Crippen LogP contribution is 2.57. The van der Waals surface area contributed by atoms with Crippen molar-refractivity contribution in [1.29, 1.82) is 0 Å². The van der Waals surface area contributed by atoms with Gasteiger partial charge < -0.3 is 15.4 Å². The third-order valence-corrected chi connectivity index (χ3v) is 7.04. The predicted molar refractivity (Wildman–Crippen MR) is 110 cm³/mol. The molecule has 3 N–H and O–H groups in total. The lowest BCUT2D eigenvalue weighted by Crippen LogP contribution is -2.68. The molecule has 0 aromatic carbocycles. The minimum Gasteiger partial charge on any atom is -0.443 e. The summed E-state index contributed by atoms with van der Waals surface area (Å²) in [7, 11) is 0. The van der Waals surface area contributed by atoms with Crippen molar-refractivity contribution in [3.8, 4) is 0 Å². The van der Waals surface area contributed by atoms with Gasteiger partial charge in [-0.1, -0.05) is 0 Å². The van der Waals surface area contributed by atoms with E-state index in [1.54, 1.807) is 6.07 Å². The molecule has 3 heterocycles. The monoisotopic (exact) mass is 479 g/mol. The van der Waals surface area contributed by atoms with Gasteiger partial charge in [0.1, 0.15) is 17.9 Å². The zero-order valence-corrected chi connectivity index (χ0v) is 17.8. The Morgan fingerprint density at radius 2 is 2.06 bits per heavy atom. The van der Waals surface area contributed by atoms with E-state index in [2.05, 4.69) is 30.8 Å². The minimum absolute atomic E-state index is 0.0776. The Hall–Kier alpha value is -3.38. The number of rotatable bonds is 5. The van der Waals surface area contributed by atoms with Gasteiger partial charge in [-0.15, -0.1) is 0 Å². The van der Waals surface area contributed by atoms with Crippen LogP contribution < -0.4 is 10.6 Å². The van der Waals surface area contributed by atoms with Crippen molar-refractivity contribution < 1.29 is 27.1 Å². The zero-order valence-electron chi connectivity index (χ0n) is 17.8. The first-order valence-corrected chi connectivity index (χ1v) is 11.0. The summed E-state index contributed by atoms with van der Waals surface area (Å²) in [4.78, 5) is 19.8. The number of aromatic nitrogens is 5. The van der Waals surface area contributed by atoms with Gasteiger partial charge in [-0.25, -0.2) is 19.2 Å². The number of fused-ring (bicyclic) bond motifs is 1. The molecule has 3 aromatic heterocycles. The van der Waals surface area contributed by atoms with E-state index in [1.165, 1.54) is 16.7 Å². The number of ether oxygens (including phenoxy) is 1. The number of anilines is 2. The highest BCUT2D eigenvalue weighted by Gasteiger charge is 2.58. The molecule has 7 rings (SSSR count). The van der Waals surface area contributed by atoms with Crippen LogP contribution in [-0.4, -0.2) is 48.5 Å². The third kappa shape index (κ3) is 3.62. The quantitative estimate of drug-likeness (QED) is 0.476. The molecule has 9 nitrogen and oxygen atoms in total. The van der Waals surface area contributed by atoms with E-state index in [-0.39, 0.29) is 29.5 Å². The lowest BCUT2D eigenvalue weighted by atomic mass is 9.50. The summed E-state index contributed by atoms with van der Waals surface area (Å²) in [5, 5.41) is 12.7. The number of hydrogen-bond acceptors (Lipinski definition) is 6. The molecule has 2 bridgehead atoms. The van der Waals surface area contributed by atoms with Gasteiger partial charge in [0.2, 0.25) is 5.95 Å². The summed E-state index contributed by atoms with van der Waals surface area (Å²) in [5.41, 5.74) is -0.461. The molecule has 3 atom stereocenters. The molecular weight excluding hydrogens is 458 g/mol. The van der Waals surface area contributed by atoms with Crippen LogP contribution in [0.25, 0.3) is 5.65 Å². The van der Waals surface area contributed by atoms with Crippen molar-refractivity contribution in [3.05, 3.63) is 35.9 Å². The number of H-pyrrole nitrogens is 1. The summed E-state index contributed by atoms with van der Waals surface area (Å²) < 4.78 is 60.1. The molecule has 0 radical (unpaired) electrons. The Morgan fingerprint density at radius 1 is 1.26 bits per heavy atom. The Morgan fingerprint density at radius 3 is 2.76 bits per heavy atom. The molecule has 13 heteroatoms. The van der Waals surface area contributed by atoms with E-state index in [4.69, 9.17) is 4.74 Å². The Bertz CT molecular complexity index is 1240. The fraction of sp³-hybridized carbons (Fsp3) is 0.524. The van der Waals surface area contributed by atoms with Gasteiger partial charge in [0, 0.05) is 35.6 Å². The topological polar surface area (TPSA) is 109 Å². The van der Waals surface area contributed by atoms with Gasteiger partial charge in [-0.3, -0.25) is 9.50 Å². The number of hydrogen-bond donors (Lipinski definition) is 3. The Kier molecular flexibility index (Phi) is 4.55. The number of halogens is 4. The average molecular weight is 479 g/mol. The SMILES string of the molecule is O=C(NC12CC(C1)C2)O[C@H]1C[C@@H](c2cc(Nc3nccc4nc(C(F)(F)F)cn34)n[nH]2)C[C@H]1F. The Balaban J connectivity index is 1.12. The van der Waals surface area contributed by atoms with Crippen LogP contribution in [0.4, 0.5) is 34.1 Å². The van der Waals surface area contributed by atoms with E-state index in [1.807, 2.05) is 0 Å². The second kappa shape index (κ2) is 7.31. The van der Waals surface area contributed by atoms with Crippen LogP contribution in [0.1, 0.15) is 49.4 Å². The van der Waals surface area contributed by atoms with Crippen LogP contribution in [0.5, 0.6) is 0 Å². The number of carbonyl (C=O) groups excluding carboxylic acids is 1. The number of imidazole rings is 1. The van der Waals surface area contributed by atoms with Crippen molar-refractivity contribution in [2.24, 2.45) is 5.92 Å². The van der Waals surface area contributed by atoms with Gasteiger partial charge in [0.25, 0.3) is 0 Å². The van der Waals surface area contributed by atoms with E-state index in [0.717, 1.165) is 25.5 Å². The molecule has 0 spiro atoms. The van der Waals surface area contributed by atoms with Crippen LogP contribution in [0.2, 0.25) is 0 Å². The maximum absolute atomic E-state index is 14.6. The molecule has 3 aromatic rings. The lowest BCUT2D eigenvalue weighted by molar-refractivity contribution is -0.140. The fourth-order valence-corrected chi connectivity index (χ4v) is 5.21. The molecular formula is C21H21F4N7O2. The summed E-state index contributed by atoms with van der Waals surface area (Å²) in [6, 6.07) is 3.00. The second-order valence-electron chi connectivity index (χ2n) is 9.47. The molecule has 4 fully saturated rings. The number of amides is 1. The molecule has 0 saturated heterocycles. The van der Waals surface area contributed by atoms with Gasteiger partial charge in [-0.2, -0.15) is 18.3 Å². The van der Waals surface area contributed by atoms with Crippen LogP contribution in [-0.2, 0) is 10.9 Å². The number of alkyl halides is 4. The molecule has 4 aliphatic carbocycles.